The van der Waals surface area contributed by atoms with E-state index in [0.717, 1.165) is 50.8 Å². The van der Waals surface area contributed by atoms with Gasteiger partial charge < -0.3 is 24.6 Å². The van der Waals surface area contributed by atoms with Crippen molar-refractivity contribution in [3.63, 3.8) is 0 Å². The highest BCUT2D eigenvalue weighted by molar-refractivity contribution is 5.82. The van der Waals surface area contributed by atoms with Crippen LogP contribution in [0.4, 0.5) is 0 Å². The number of piperidine rings is 1. The zero-order valence-corrected chi connectivity index (χ0v) is 20.7. The van der Waals surface area contributed by atoms with E-state index in [-0.39, 0.29) is 23.7 Å². The molecule has 35 heavy (non-hydrogen) atoms. The lowest BCUT2D eigenvalue weighted by Crippen LogP contribution is -2.60. The van der Waals surface area contributed by atoms with Crippen LogP contribution < -0.4 is 5.32 Å². The molecule has 3 heterocycles. The first-order valence-electron chi connectivity index (χ1n) is 13.0. The number of nitrogens with one attached hydrogen (secondary N) is 1. The van der Waals surface area contributed by atoms with E-state index in [1.165, 1.54) is 5.57 Å². The molecule has 7 heteroatoms. The molecule has 0 aromatic rings. The molecule has 0 saturated carbocycles. The van der Waals surface area contributed by atoms with E-state index in [1.54, 1.807) is 6.08 Å². The van der Waals surface area contributed by atoms with Gasteiger partial charge in [0, 0.05) is 18.4 Å². The molecule has 6 unspecified atom stereocenters. The normalized spacial score (nSPS) is 38.7. The van der Waals surface area contributed by atoms with E-state index in [1.807, 2.05) is 25.2 Å². The summed E-state index contributed by atoms with van der Waals surface area (Å²) in [5, 5.41) is 12.8. The summed E-state index contributed by atoms with van der Waals surface area (Å²) in [6.07, 6.45) is 15.5. The lowest BCUT2D eigenvalue weighted by molar-refractivity contribution is -0.229. The second-order valence-electron chi connectivity index (χ2n) is 10.8. The van der Waals surface area contributed by atoms with Crippen LogP contribution in [-0.2, 0) is 23.8 Å². The molecule has 0 aromatic heterocycles. The lowest BCUT2D eigenvalue weighted by atomic mass is 9.71. The highest BCUT2D eigenvalue weighted by Gasteiger charge is 2.71. The molecule has 7 nitrogen and oxygen atoms in total. The Morgan fingerprint density at radius 2 is 2.03 bits per heavy atom. The summed E-state index contributed by atoms with van der Waals surface area (Å²) in [5.74, 6) is -0.648. The molecule has 5 rings (SSSR count). The van der Waals surface area contributed by atoms with Crippen molar-refractivity contribution in [1.82, 2.24) is 5.32 Å². The number of allylic oxidation sites excluding steroid dienone is 6. The van der Waals surface area contributed by atoms with Crippen molar-refractivity contribution in [2.75, 3.05) is 19.7 Å². The largest absolute Gasteiger partial charge is 0.457 e. The van der Waals surface area contributed by atoms with Gasteiger partial charge in [0.05, 0.1) is 0 Å². The van der Waals surface area contributed by atoms with Crippen LogP contribution in [0.25, 0.3) is 0 Å². The molecule has 6 atom stereocenters. The van der Waals surface area contributed by atoms with Crippen LogP contribution in [0.3, 0.4) is 0 Å². The SMILES string of the molecule is CC1=C2C(CC1)C1(C)OC(C3CCNCC3)(CC1OC(=O)CO)C2OC(=O)/C=C/C1C=CC=CC1. The van der Waals surface area contributed by atoms with Gasteiger partial charge in [-0.15, -0.1) is 0 Å². The zero-order valence-electron chi connectivity index (χ0n) is 20.7. The third-order valence-corrected chi connectivity index (χ3v) is 8.81. The minimum Gasteiger partial charge on any atom is -0.457 e. The van der Waals surface area contributed by atoms with Crippen LogP contribution in [0.5, 0.6) is 0 Å². The summed E-state index contributed by atoms with van der Waals surface area (Å²) in [6, 6.07) is 0. The van der Waals surface area contributed by atoms with Crippen LogP contribution in [0.15, 0.2) is 47.6 Å². The van der Waals surface area contributed by atoms with Gasteiger partial charge in [0.2, 0.25) is 0 Å². The van der Waals surface area contributed by atoms with E-state index >= 15 is 0 Å². The van der Waals surface area contributed by atoms with Crippen LogP contribution in [0.1, 0.15) is 52.4 Å². The number of carbonyl (C=O) groups is 2. The van der Waals surface area contributed by atoms with E-state index in [9.17, 15) is 14.7 Å². The number of carbonyl (C=O) groups excluding carboxylic acids is 2. The number of hydrogen-bond acceptors (Lipinski definition) is 7. The monoisotopic (exact) mass is 483 g/mol. The molecule has 190 valence electrons. The Kier molecular flexibility index (Phi) is 6.77. The van der Waals surface area contributed by atoms with Gasteiger partial charge in [0.1, 0.15) is 23.9 Å². The Labute approximate surface area is 207 Å². The zero-order chi connectivity index (χ0) is 24.6. The molecule has 2 aliphatic carbocycles. The fraction of sp³-hybridized carbons (Fsp3) is 0.643. The van der Waals surface area contributed by atoms with Crippen molar-refractivity contribution >= 4 is 11.9 Å². The van der Waals surface area contributed by atoms with Gasteiger partial charge in [-0.25, -0.2) is 9.59 Å². The maximum atomic E-state index is 13.2. The minimum atomic E-state index is -0.758. The van der Waals surface area contributed by atoms with Crippen molar-refractivity contribution in [2.45, 2.75) is 75.8 Å². The molecule has 0 aromatic carbocycles. The van der Waals surface area contributed by atoms with Gasteiger partial charge in [-0.05, 0) is 76.5 Å². The number of rotatable bonds is 6. The predicted molar refractivity (Wildman–Crippen MR) is 130 cm³/mol. The molecule has 2 bridgehead atoms. The first-order chi connectivity index (χ1) is 16.9. The maximum Gasteiger partial charge on any atom is 0.332 e. The van der Waals surface area contributed by atoms with Gasteiger partial charge in [0.25, 0.3) is 0 Å². The summed E-state index contributed by atoms with van der Waals surface area (Å²) in [4.78, 5) is 25.4. The van der Waals surface area contributed by atoms with Crippen molar-refractivity contribution in [3.8, 4) is 0 Å². The molecule has 2 N–H and O–H groups in total. The van der Waals surface area contributed by atoms with Gasteiger partial charge in [-0.1, -0.05) is 36.0 Å². The molecule has 3 fully saturated rings. The Morgan fingerprint density at radius 1 is 1.23 bits per heavy atom. The van der Waals surface area contributed by atoms with E-state index in [4.69, 9.17) is 14.2 Å². The van der Waals surface area contributed by atoms with Crippen LogP contribution in [0, 0.1) is 17.8 Å². The molecule has 3 saturated heterocycles. The molecule has 0 amide bonds. The summed E-state index contributed by atoms with van der Waals surface area (Å²) < 4.78 is 19.1. The standard InChI is InChI=1S/C28H37NO6/c1-18-8-10-21-25(18)26(34-23(31)11-9-19-6-4-3-5-7-19)28(20-12-14-29-15-13-20)16-22(27(21,2)35-28)33-24(32)17-30/h3-6,9,11,19-22,26,29-30H,7-8,10,12-17H2,1-2H3/b11-9+. The average Bonchev–Trinajstić information content (AvgIpc) is 3.39. The highest BCUT2D eigenvalue weighted by atomic mass is 16.6. The van der Waals surface area contributed by atoms with Crippen molar-refractivity contribution in [1.29, 1.82) is 0 Å². The van der Waals surface area contributed by atoms with Crippen molar-refractivity contribution < 1.29 is 28.9 Å². The number of fused-ring (bicyclic) bond motifs is 4. The third kappa shape index (κ3) is 4.32. The number of aliphatic hydroxyl groups is 1. The van der Waals surface area contributed by atoms with Crippen molar-refractivity contribution in [3.05, 3.63) is 47.6 Å². The van der Waals surface area contributed by atoms with Gasteiger partial charge in [-0.3, -0.25) is 0 Å². The topological polar surface area (TPSA) is 94.1 Å². The third-order valence-electron chi connectivity index (χ3n) is 8.81. The molecule has 0 radical (unpaired) electrons. The Bertz CT molecular complexity index is 976. The van der Waals surface area contributed by atoms with Crippen LogP contribution >= 0.6 is 0 Å². The average molecular weight is 484 g/mol. The molecular formula is C28H37NO6. The molecule has 3 aliphatic heterocycles. The Hall–Kier alpha value is -2.22. The quantitative estimate of drug-likeness (QED) is 0.341. The predicted octanol–water partition coefficient (Wildman–Crippen LogP) is 3.15. The Balaban J connectivity index is 1.49. The fourth-order valence-corrected chi connectivity index (χ4v) is 7.08. The summed E-state index contributed by atoms with van der Waals surface area (Å²) >= 11 is 0. The van der Waals surface area contributed by atoms with E-state index in [0.29, 0.717) is 6.42 Å². The summed E-state index contributed by atoms with van der Waals surface area (Å²) in [6.45, 7) is 5.25. The maximum absolute atomic E-state index is 13.2. The number of ether oxygens (including phenoxy) is 3. The minimum absolute atomic E-state index is 0.00419. The van der Waals surface area contributed by atoms with E-state index < -0.39 is 36.0 Å². The van der Waals surface area contributed by atoms with Crippen molar-refractivity contribution in [2.24, 2.45) is 17.8 Å². The number of hydrogen-bond donors (Lipinski definition) is 2. The van der Waals surface area contributed by atoms with Crippen LogP contribution in [-0.4, -0.2) is 60.2 Å². The van der Waals surface area contributed by atoms with E-state index in [2.05, 4.69) is 24.4 Å². The summed E-state index contributed by atoms with van der Waals surface area (Å²) in [7, 11) is 0. The first kappa shape index (κ1) is 24.5. The fourth-order valence-electron chi connectivity index (χ4n) is 7.08. The molecular weight excluding hydrogens is 446 g/mol. The Morgan fingerprint density at radius 3 is 2.74 bits per heavy atom. The number of esters is 2. The molecule has 5 aliphatic rings. The van der Waals surface area contributed by atoms with Crippen LogP contribution in [0.2, 0.25) is 0 Å². The summed E-state index contributed by atoms with van der Waals surface area (Å²) in [5.41, 5.74) is 0.938. The second-order valence-corrected chi connectivity index (χ2v) is 10.8. The smallest absolute Gasteiger partial charge is 0.332 e. The first-order valence-corrected chi connectivity index (χ1v) is 13.0. The van der Waals surface area contributed by atoms with Gasteiger partial charge in [0.15, 0.2) is 6.10 Å². The van der Waals surface area contributed by atoms with Gasteiger partial charge in [-0.2, -0.15) is 0 Å². The molecule has 0 spiro atoms. The second kappa shape index (κ2) is 9.68. The number of aliphatic hydroxyl groups excluding tert-OH is 1. The lowest BCUT2D eigenvalue weighted by Gasteiger charge is -2.52. The van der Waals surface area contributed by atoms with Gasteiger partial charge >= 0.3 is 11.9 Å². The highest BCUT2D eigenvalue weighted by Crippen LogP contribution is 2.62.